The SMILES string of the molecule is NS(=O)(=O)c1ccc(CCNC(=O)CC2CCNCC2)cc1. The van der Waals surface area contributed by atoms with E-state index < -0.39 is 10.0 Å². The highest BCUT2D eigenvalue weighted by Crippen LogP contribution is 2.15. The number of nitrogens with one attached hydrogen (secondary N) is 2. The highest BCUT2D eigenvalue weighted by atomic mass is 32.2. The van der Waals surface area contributed by atoms with E-state index in [0.717, 1.165) is 31.5 Å². The summed E-state index contributed by atoms with van der Waals surface area (Å²) in [5.41, 5.74) is 0.967. The summed E-state index contributed by atoms with van der Waals surface area (Å²) >= 11 is 0. The number of carbonyl (C=O) groups is 1. The van der Waals surface area contributed by atoms with Gasteiger partial charge in [0, 0.05) is 13.0 Å². The van der Waals surface area contributed by atoms with Gasteiger partial charge in [-0.3, -0.25) is 4.79 Å². The number of hydrogen-bond acceptors (Lipinski definition) is 4. The van der Waals surface area contributed by atoms with Gasteiger partial charge in [0.2, 0.25) is 15.9 Å². The Hall–Kier alpha value is -1.44. The van der Waals surface area contributed by atoms with Crippen LogP contribution in [0.15, 0.2) is 29.2 Å². The van der Waals surface area contributed by atoms with E-state index in [2.05, 4.69) is 10.6 Å². The Morgan fingerprint density at radius 2 is 1.86 bits per heavy atom. The van der Waals surface area contributed by atoms with E-state index in [-0.39, 0.29) is 10.8 Å². The third kappa shape index (κ3) is 5.40. The van der Waals surface area contributed by atoms with Gasteiger partial charge in [-0.15, -0.1) is 0 Å². The molecular formula is C15H23N3O3S. The molecule has 0 saturated carbocycles. The first-order valence-corrected chi connectivity index (χ1v) is 9.09. The van der Waals surface area contributed by atoms with Gasteiger partial charge in [-0.2, -0.15) is 0 Å². The Morgan fingerprint density at radius 1 is 1.23 bits per heavy atom. The van der Waals surface area contributed by atoms with E-state index in [1.807, 2.05) is 0 Å². The minimum atomic E-state index is -3.64. The number of rotatable bonds is 6. The number of hydrogen-bond donors (Lipinski definition) is 3. The molecule has 22 heavy (non-hydrogen) atoms. The van der Waals surface area contributed by atoms with Gasteiger partial charge >= 0.3 is 0 Å². The molecule has 1 heterocycles. The maximum absolute atomic E-state index is 11.9. The standard InChI is InChI=1S/C15H23N3O3S/c16-22(20,21)14-3-1-12(2-4-14)7-10-18-15(19)11-13-5-8-17-9-6-13/h1-4,13,17H,5-11H2,(H,18,19)(H2,16,20,21). The molecule has 0 radical (unpaired) electrons. The lowest BCUT2D eigenvalue weighted by Gasteiger charge is -2.21. The molecule has 7 heteroatoms. The van der Waals surface area contributed by atoms with E-state index in [0.29, 0.717) is 25.3 Å². The highest BCUT2D eigenvalue weighted by Gasteiger charge is 2.16. The molecule has 1 amide bonds. The second kappa shape index (κ2) is 7.71. The molecule has 0 spiro atoms. The average molecular weight is 325 g/mol. The smallest absolute Gasteiger partial charge is 0.238 e. The molecule has 2 rings (SSSR count). The number of nitrogens with two attached hydrogens (primary N) is 1. The Morgan fingerprint density at radius 3 is 2.45 bits per heavy atom. The molecule has 122 valence electrons. The molecule has 1 aromatic rings. The molecule has 0 unspecified atom stereocenters. The van der Waals surface area contributed by atoms with Crippen molar-refractivity contribution < 1.29 is 13.2 Å². The van der Waals surface area contributed by atoms with E-state index in [4.69, 9.17) is 5.14 Å². The number of sulfonamides is 1. The van der Waals surface area contributed by atoms with Crippen molar-refractivity contribution in [3.05, 3.63) is 29.8 Å². The molecule has 6 nitrogen and oxygen atoms in total. The maximum atomic E-state index is 11.9. The van der Waals surface area contributed by atoms with Crippen LogP contribution in [0.2, 0.25) is 0 Å². The first-order valence-electron chi connectivity index (χ1n) is 7.54. The summed E-state index contributed by atoms with van der Waals surface area (Å²) in [7, 11) is -3.64. The first-order chi connectivity index (χ1) is 10.4. The van der Waals surface area contributed by atoms with Gasteiger partial charge in [-0.05, 0) is 56.0 Å². The fraction of sp³-hybridized carbons (Fsp3) is 0.533. The van der Waals surface area contributed by atoms with Crippen LogP contribution in [0, 0.1) is 5.92 Å². The summed E-state index contributed by atoms with van der Waals surface area (Å²) in [6.45, 7) is 2.54. The number of piperidine rings is 1. The molecule has 0 atom stereocenters. The van der Waals surface area contributed by atoms with Crippen molar-refractivity contribution in [1.29, 1.82) is 0 Å². The topological polar surface area (TPSA) is 101 Å². The highest BCUT2D eigenvalue weighted by molar-refractivity contribution is 7.89. The quantitative estimate of drug-likeness (QED) is 0.704. The van der Waals surface area contributed by atoms with Gasteiger partial charge < -0.3 is 10.6 Å². The lowest BCUT2D eigenvalue weighted by Crippen LogP contribution is -2.33. The lowest BCUT2D eigenvalue weighted by molar-refractivity contribution is -0.122. The third-order valence-electron chi connectivity index (χ3n) is 3.92. The summed E-state index contributed by atoms with van der Waals surface area (Å²) in [6, 6.07) is 6.42. The number of primary sulfonamides is 1. The van der Waals surface area contributed by atoms with Gasteiger partial charge in [-0.25, -0.2) is 13.6 Å². The summed E-state index contributed by atoms with van der Waals surface area (Å²) in [5.74, 6) is 0.573. The van der Waals surface area contributed by atoms with Gasteiger partial charge in [0.15, 0.2) is 0 Å². The maximum Gasteiger partial charge on any atom is 0.238 e. The van der Waals surface area contributed by atoms with Crippen LogP contribution in [-0.4, -0.2) is 34.0 Å². The van der Waals surface area contributed by atoms with Crippen molar-refractivity contribution in [1.82, 2.24) is 10.6 Å². The molecule has 1 aliphatic heterocycles. The van der Waals surface area contributed by atoms with E-state index >= 15 is 0 Å². The molecule has 0 aliphatic carbocycles. The van der Waals surface area contributed by atoms with Crippen LogP contribution in [0.4, 0.5) is 0 Å². The molecule has 1 aliphatic rings. The summed E-state index contributed by atoms with van der Waals surface area (Å²) < 4.78 is 22.3. The average Bonchev–Trinajstić information content (AvgIpc) is 2.48. The minimum Gasteiger partial charge on any atom is -0.356 e. The zero-order chi connectivity index (χ0) is 16.0. The van der Waals surface area contributed by atoms with Crippen molar-refractivity contribution >= 4 is 15.9 Å². The number of carbonyl (C=O) groups excluding carboxylic acids is 1. The normalized spacial score (nSPS) is 16.4. The molecule has 1 saturated heterocycles. The Balaban J connectivity index is 1.72. The summed E-state index contributed by atoms with van der Waals surface area (Å²) in [6.07, 6.45) is 3.37. The Labute approximate surface area is 131 Å². The van der Waals surface area contributed by atoms with E-state index in [1.165, 1.54) is 12.1 Å². The molecule has 4 N–H and O–H groups in total. The Bertz CT molecular complexity index is 593. The Kier molecular flexibility index (Phi) is 5.93. The van der Waals surface area contributed by atoms with Gasteiger partial charge in [0.1, 0.15) is 0 Å². The van der Waals surface area contributed by atoms with Crippen molar-refractivity contribution in [3.63, 3.8) is 0 Å². The van der Waals surface area contributed by atoms with E-state index in [9.17, 15) is 13.2 Å². The van der Waals surface area contributed by atoms with Crippen molar-refractivity contribution in [3.8, 4) is 0 Å². The van der Waals surface area contributed by atoms with Crippen molar-refractivity contribution in [2.24, 2.45) is 11.1 Å². The first kappa shape index (κ1) is 16.9. The molecule has 1 fully saturated rings. The van der Waals surface area contributed by atoms with Gasteiger partial charge in [-0.1, -0.05) is 12.1 Å². The minimum absolute atomic E-state index is 0.0908. The van der Waals surface area contributed by atoms with Gasteiger partial charge in [0.25, 0.3) is 0 Å². The second-order valence-electron chi connectivity index (χ2n) is 5.69. The summed E-state index contributed by atoms with van der Waals surface area (Å²) in [4.78, 5) is 12.0. The lowest BCUT2D eigenvalue weighted by atomic mass is 9.94. The van der Waals surface area contributed by atoms with Crippen LogP contribution in [0.25, 0.3) is 0 Å². The van der Waals surface area contributed by atoms with Crippen molar-refractivity contribution in [2.45, 2.75) is 30.6 Å². The molecule has 0 bridgehead atoms. The zero-order valence-corrected chi connectivity index (χ0v) is 13.4. The van der Waals surface area contributed by atoms with E-state index in [1.54, 1.807) is 12.1 Å². The zero-order valence-electron chi connectivity index (χ0n) is 12.5. The largest absolute Gasteiger partial charge is 0.356 e. The van der Waals surface area contributed by atoms with Crippen LogP contribution in [0.1, 0.15) is 24.8 Å². The van der Waals surface area contributed by atoms with Crippen LogP contribution in [-0.2, 0) is 21.2 Å². The van der Waals surface area contributed by atoms with Crippen molar-refractivity contribution in [2.75, 3.05) is 19.6 Å². The fourth-order valence-corrected chi connectivity index (χ4v) is 3.13. The van der Waals surface area contributed by atoms with Crippen LogP contribution in [0.5, 0.6) is 0 Å². The predicted molar refractivity (Wildman–Crippen MR) is 84.7 cm³/mol. The van der Waals surface area contributed by atoms with Crippen LogP contribution >= 0.6 is 0 Å². The predicted octanol–water partition coefficient (Wildman–Crippen LogP) is 0.382. The fourth-order valence-electron chi connectivity index (χ4n) is 2.61. The molecular weight excluding hydrogens is 302 g/mol. The molecule has 0 aromatic heterocycles. The number of amides is 1. The van der Waals surface area contributed by atoms with Crippen LogP contribution in [0.3, 0.4) is 0 Å². The van der Waals surface area contributed by atoms with Crippen LogP contribution < -0.4 is 15.8 Å². The monoisotopic (exact) mass is 325 g/mol. The second-order valence-corrected chi connectivity index (χ2v) is 7.25. The summed E-state index contributed by atoms with van der Waals surface area (Å²) in [5, 5.41) is 11.3. The number of benzene rings is 1. The van der Waals surface area contributed by atoms with Gasteiger partial charge in [0.05, 0.1) is 4.90 Å². The molecule has 1 aromatic carbocycles. The third-order valence-corrected chi connectivity index (χ3v) is 4.85.